The predicted molar refractivity (Wildman–Crippen MR) is 52.8 cm³/mol. The van der Waals surface area contributed by atoms with Crippen LogP contribution < -0.4 is 0 Å². The Morgan fingerprint density at radius 3 is 2.44 bits per heavy atom. The van der Waals surface area contributed by atoms with E-state index in [1.807, 2.05) is 0 Å². The van der Waals surface area contributed by atoms with Gasteiger partial charge in [-0.2, -0.15) is 0 Å². The van der Waals surface area contributed by atoms with E-state index in [9.17, 15) is 14.7 Å². The molecule has 0 aliphatic carbocycles. The maximum absolute atomic E-state index is 11.0. The molecule has 0 aliphatic heterocycles. The Balaban J connectivity index is 3.00. The number of rotatable bonds is 4. The average Bonchev–Trinajstić information content (AvgIpc) is 2.27. The first-order valence-corrected chi connectivity index (χ1v) is 4.48. The van der Waals surface area contributed by atoms with Crippen LogP contribution in [0.1, 0.15) is 28.9 Å². The van der Waals surface area contributed by atoms with Gasteiger partial charge in [0.25, 0.3) is 0 Å². The zero-order valence-corrected chi connectivity index (χ0v) is 8.49. The highest BCUT2D eigenvalue weighted by atomic mass is 16.4. The van der Waals surface area contributed by atoms with Gasteiger partial charge in [0.05, 0.1) is 0 Å². The molecule has 1 heterocycles. The first kappa shape index (κ1) is 12.3. The summed E-state index contributed by atoms with van der Waals surface area (Å²) < 4.78 is 0. The van der Waals surface area contributed by atoms with Gasteiger partial charge in [-0.1, -0.05) is 0 Å². The predicted octanol–water partition coefficient (Wildman–Crippen LogP) is -0.237. The summed E-state index contributed by atoms with van der Waals surface area (Å²) >= 11 is 0. The van der Waals surface area contributed by atoms with Gasteiger partial charge in [0.1, 0.15) is 6.10 Å². The van der Waals surface area contributed by atoms with Crippen molar-refractivity contribution in [1.82, 2.24) is 4.98 Å². The number of aliphatic hydroxyl groups excluding tert-OH is 2. The number of ketones is 1. The minimum Gasteiger partial charge on any atom is -0.479 e. The molecule has 6 nitrogen and oxygen atoms in total. The Kier molecular flexibility index (Phi) is 3.70. The van der Waals surface area contributed by atoms with Crippen molar-refractivity contribution in [2.75, 3.05) is 0 Å². The van der Waals surface area contributed by atoms with Crippen LogP contribution in [0.25, 0.3) is 0 Å². The summed E-state index contributed by atoms with van der Waals surface area (Å²) in [4.78, 5) is 25.1. The van der Waals surface area contributed by atoms with E-state index in [1.54, 1.807) is 0 Å². The number of aliphatic carboxylic acids is 1. The smallest absolute Gasteiger partial charge is 0.335 e. The molecule has 0 spiro atoms. The van der Waals surface area contributed by atoms with Crippen molar-refractivity contribution in [2.24, 2.45) is 0 Å². The summed E-state index contributed by atoms with van der Waals surface area (Å²) in [5.74, 6) is -1.80. The van der Waals surface area contributed by atoms with Gasteiger partial charge in [-0.3, -0.25) is 9.78 Å². The van der Waals surface area contributed by atoms with Crippen LogP contribution in [-0.2, 0) is 4.79 Å². The Morgan fingerprint density at radius 1 is 1.31 bits per heavy atom. The Morgan fingerprint density at radius 2 is 1.94 bits per heavy atom. The third kappa shape index (κ3) is 2.62. The van der Waals surface area contributed by atoms with E-state index in [1.165, 1.54) is 25.4 Å². The number of Topliss-reactive ketones (excluding diaryl/α,β-unsaturated/α-hetero) is 1. The Labute approximate surface area is 91.2 Å². The van der Waals surface area contributed by atoms with Crippen molar-refractivity contribution >= 4 is 11.8 Å². The van der Waals surface area contributed by atoms with Crippen LogP contribution in [0.5, 0.6) is 0 Å². The average molecular weight is 225 g/mol. The molecular formula is C10H11NO5. The van der Waals surface area contributed by atoms with E-state index in [0.717, 1.165) is 0 Å². The number of carbonyl (C=O) groups is 2. The van der Waals surface area contributed by atoms with Crippen molar-refractivity contribution in [2.45, 2.75) is 19.1 Å². The van der Waals surface area contributed by atoms with Crippen molar-refractivity contribution in [3.63, 3.8) is 0 Å². The minimum atomic E-state index is -1.94. The molecule has 0 aliphatic rings. The molecule has 0 saturated heterocycles. The molecular weight excluding hydrogens is 214 g/mol. The number of carbonyl (C=O) groups excluding carboxylic acids is 1. The molecule has 16 heavy (non-hydrogen) atoms. The lowest BCUT2D eigenvalue weighted by Crippen LogP contribution is -2.27. The molecule has 1 rings (SSSR count). The summed E-state index contributed by atoms with van der Waals surface area (Å²) in [5, 5.41) is 27.1. The van der Waals surface area contributed by atoms with Gasteiger partial charge in [-0.25, -0.2) is 4.79 Å². The maximum Gasteiger partial charge on any atom is 0.335 e. The molecule has 0 amide bonds. The third-order valence-corrected chi connectivity index (χ3v) is 2.06. The Bertz CT molecular complexity index is 417. The second kappa shape index (κ2) is 4.82. The highest BCUT2D eigenvalue weighted by Gasteiger charge is 2.25. The van der Waals surface area contributed by atoms with Crippen molar-refractivity contribution < 1.29 is 24.9 Å². The van der Waals surface area contributed by atoms with Crippen molar-refractivity contribution in [3.05, 3.63) is 29.6 Å². The quantitative estimate of drug-likeness (QED) is 0.610. The SMILES string of the molecule is CC(=O)c1cncc(C(O)C(O)C(=O)O)c1. The van der Waals surface area contributed by atoms with Crippen LogP contribution in [0.15, 0.2) is 18.5 Å². The highest BCUT2D eigenvalue weighted by molar-refractivity contribution is 5.93. The zero-order chi connectivity index (χ0) is 12.3. The van der Waals surface area contributed by atoms with Crippen molar-refractivity contribution in [3.8, 4) is 0 Å². The second-order valence-corrected chi connectivity index (χ2v) is 3.29. The lowest BCUT2D eigenvalue weighted by Gasteiger charge is -2.14. The first-order valence-electron chi connectivity index (χ1n) is 4.48. The number of pyridine rings is 1. The second-order valence-electron chi connectivity index (χ2n) is 3.29. The van der Waals surface area contributed by atoms with E-state index in [2.05, 4.69) is 4.98 Å². The van der Waals surface area contributed by atoms with Crippen molar-refractivity contribution in [1.29, 1.82) is 0 Å². The first-order chi connectivity index (χ1) is 7.43. The summed E-state index contributed by atoms with van der Waals surface area (Å²) in [6, 6.07) is 1.30. The molecule has 1 aromatic rings. The van der Waals surface area contributed by atoms with Gasteiger partial charge in [0.2, 0.25) is 0 Å². The molecule has 86 valence electrons. The molecule has 0 fully saturated rings. The van der Waals surface area contributed by atoms with Crippen LogP contribution >= 0.6 is 0 Å². The fourth-order valence-electron chi connectivity index (χ4n) is 1.13. The zero-order valence-electron chi connectivity index (χ0n) is 8.49. The number of hydrogen-bond acceptors (Lipinski definition) is 5. The topological polar surface area (TPSA) is 108 Å². The number of carboxylic acid groups (broad SMARTS) is 1. The van der Waals surface area contributed by atoms with Gasteiger partial charge in [0, 0.05) is 23.5 Å². The molecule has 0 bridgehead atoms. The molecule has 6 heteroatoms. The van der Waals surface area contributed by atoms with Gasteiger partial charge in [0.15, 0.2) is 11.9 Å². The monoisotopic (exact) mass is 225 g/mol. The minimum absolute atomic E-state index is 0.0857. The van der Waals surface area contributed by atoms with Gasteiger partial charge in [-0.15, -0.1) is 0 Å². The fourth-order valence-corrected chi connectivity index (χ4v) is 1.13. The van der Waals surface area contributed by atoms with Gasteiger partial charge < -0.3 is 15.3 Å². The number of aromatic nitrogens is 1. The van der Waals surface area contributed by atoms with Gasteiger partial charge >= 0.3 is 5.97 Å². The summed E-state index contributed by atoms with van der Waals surface area (Å²) in [6.07, 6.45) is -1.05. The summed E-state index contributed by atoms with van der Waals surface area (Å²) in [6.45, 7) is 1.32. The molecule has 2 unspecified atom stereocenters. The normalized spacial score (nSPS) is 14.2. The number of carboxylic acids is 1. The molecule has 3 N–H and O–H groups in total. The molecule has 0 radical (unpaired) electrons. The standard InChI is InChI=1S/C10H11NO5/c1-5(12)6-2-7(4-11-3-6)8(13)9(14)10(15)16/h2-4,8-9,13-14H,1H3,(H,15,16). The number of aliphatic hydroxyl groups is 2. The largest absolute Gasteiger partial charge is 0.479 e. The van der Waals surface area contributed by atoms with E-state index < -0.39 is 18.2 Å². The van der Waals surface area contributed by atoms with E-state index in [4.69, 9.17) is 10.2 Å². The summed E-state index contributed by atoms with van der Waals surface area (Å²) in [5.41, 5.74) is 0.330. The molecule has 1 aromatic heterocycles. The number of hydrogen-bond donors (Lipinski definition) is 3. The Hall–Kier alpha value is -1.79. The van der Waals surface area contributed by atoms with E-state index in [-0.39, 0.29) is 16.9 Å². The van der Waals surface area contributed by atoms with E-state index in [0.29, 0.717) is 0 Å². The maximum atomic E-state index is 11.0. The van der Waals surface area contributed by atoms with Crippen LogP contribution in [0.3, 0.4) is 0 Å². The molecule has 2 atom stereocenters. The van der Waals surface area contributed by atoms with E-state index >= 15 is 0 Å². The van der Waals surface area contributed by atoms with Crippen LogP contribution in [0.2, 0.25) is 0 Å². The molecule has 0 aromatic carbocycles. The highest BCUT2D eigenvalue weighted by Crippen LogP contribution is 2.17. The molecule has 0 saturated carbocycles. The lowest BCUT2D eigenvalue weighted by atomic mass is 10.0. The third-order valence-electron chi connectivity index (χ3n) is 2.06. The fraction of sp³-hybridized carbons (Fsp3) is 0.300. The van der Waals surface area contributed by atoms with Crippen LogP contribution in [-0.4, -0.2) is 38.2 Å². The summed E-state index contributed by atoms with van der Waals surface area (Å²) in [7, 11) is 0. The van der Waals surface area contributed by atoms with Crippen LogP contribution in [0, 0.1) is 0 Å². The van der Waals surface area contributed by atoms with Crippen LogP contribution in [0.4, 0.5) is 0 Å². The van der Waals surface area contributed by atoms with Gasteiger partial charge in [-0.05, 0) is 13.0 Å². The number of nitrogens with zero attached hydrogens (tertiary/aromatic N) is 1. The lowest BCUT2D eigenvalue weighted by molar-refractivity contribution is -0.153.